The Morgan fingerprint density at radius 1 is 1.10 bits per heavy atom. The molecule has 1 aliphatic heterocycles. The Bertz CT molecular complexity index is 946. The number of pyridine rings is 1. The Morgan fingerprint density at radius 2 is 1.79 bits per heavy atom. The van der Waals surface area contributed by atoms with Crippen molar-refractivity contribution in [2.75, 3.05) is 6.54 Å². The topological polar surface area (TPSA) is 117 Å². The van der Waals surface area contributed by atoms with Crippen LogP contribution in [0.15, 0.2) is 42.6 Å². The lowest BCUT2D eigenvalue weighted by atomic mass is 10.1. The summed E-state index contributed by atoms with van der Waals surface area (Å²) >= 11 is 6.29. The number of carboxylic acid groups (broad SMARTS) is 2. The van der Waals surface area contributed by atoms with E-state index in [2.05, 4.69) is 4.98 Å². The molecule has 0 radical (unpaired) electrons. The van der Waals surface area contributed by atoms with Crippen molar-refractivity contribution in [2.24, 2.45) is 0 Å². The number of ether oxygens (including phenoxy) is 1. The van der Waals surface area contributed by atoms with Gasteiger partial charge in [-0.1, -0.05) is 42.2 Å². The molecule has 29 heavy (non-hydrogen) atoms. The van der Waals surface area contributed by atoms with E-state index in [4.69, 9.17) is 27.2 Å². The van der Waals surface area contributed by atoms with Crippen LogP contribution < -0.4 is 4.74 Å². The van der Waals surface area contributed by atoms with Crippen molar-refractivity contribution in [1.82, 2.24) is 9.88 Å². The highest BCUT2D eigenvalue weighted by Crippen LogP contribution is 2.30. The Balaban J connectivity index is 1.59. The van der Waals surface area contributed by atoms with E-state index in [1.807, 2.05) is 12.1 Å². The third-order valence-electron chi connectivity index (χ3n) is 4.02. The molecule has 2 heterocycles. The molecule has 2 N–H and O–H groups in total. The van der Waals surface area contributed by atoms with Gasteiger partial charge in [-0.3, -0.25) is 19.3 Å². The van der Waals surface area contributed by atoms with Crippen molar-refractivity contribution in [3.8, 4) is 11.6 Å². The van der Waals surface area contributed by atoms with Crippen molar-refractivity contribution < 1.29 is 29.3 Å². The van der Waals surface area contributed by atoms with E-state index >= 15 is 0 Å². The zero-order valence-electron chi connectivity index (χ0n) is 15.0. The van der Waals surface area contributed by atoms with Gasteiger partial charge in [-0.25, -0.2) is 4.98 Å². The molecular formula is C19H16N2O6S2. The van der Waals surface area contributed by atoms with E-state index in [0.717, 1.165) is 10.5 Å². The number of hydrogen-bond acceptors (Lipinski definition) is 7. The highest BCUT2D eigenvalue weighted by Gasteiger charge is 2.37. The second kappa shape index (κ2) is 9.01. The minimum Gasteiger partial charge on any atom is -0.481 e. The highest BCUT2D eigenvalue weighted by atomic mass is 32.2. The number of thioether (sulfide) groups is 1. The SMILES string of the molecule is O=C(O)Cc1ccc(Oc2ccc(CC3SC(=S)N(CC(=O)O)C3=O)cc2)nc1. The molecule has 10 heteroatoms. The van der Waals surface area contributed by atoms with Crippen LogP contribution in [0.25, 0.3) is 0 Å². The van der Waals surface area contributed by atoms with Gasteiger partial charge < -0.3 is 14.9 Å². The van der Waals surface area contributed by atoms with Gasteiger partial charge >= 0.3 is 11.9 Å². The number of aromatic nitrogens is 1. The van der Waals surface area contributed by atoms with E-state index in [1.54, 1.807) is 24.3 Å². The Morgan fingerprint density at radius 3 is 2.38 bits per heavy atom. The number of carboxylic acids is 2. The summed E-state index contributed by atoms with van der Waals surface area (Å²) in [5.74, 6) is -1.45. The quantitative estimate of drug-likeness (QED) is 0.606. The monoisotopic (exact) mass is 432 g/mol. The average molecular weight is 432 g/mol. The lowest BCUT2D eigenvalue weighted by molar-refractivity contribution is -0.141. The van der Waals surface area contributed by atoms with Crippen LogP contribution in [-0.2, 0) is 27.2 Å². The number of nitrogens with zero attached hydrogens (tertiary/aromatic N) is 2. The molecule has 1 aromatic heterocycles. The maximum Gasteiger partial charge on any atom is 0.323 e. The zero-order chi connectivity index (χ0) is 21.0. The largest absolute Gasteiger partial charge is 0.481 e. The number of aliphatic carboxylic acids is 2. The average Bonchev–Trinajstić information content (AvgIpc) is 2.91. The Kier molecular flexibility index (Phi) is 6.45. The van der Waals surface area contributed by atoms with Gasteiger partial charge in [-0.2, -0.15) is 0 Å². The molecule has 0 spiro atoms. The fourth-order valence-corrected chi connectivity index (χ4v) is 4.22. The molecule has 1 atom stereocenters. The molecule has 2 aromatic rings. The summed E-state index contributed by atoms with van der Waals surface area (Å²) in [7, 11) is 0. The van der Waals surface area contributed by atoms with Crippen molar-refractivity contribution in [2.45, 2.75) is 18.1 Å². The van der Waals surface area contributed by atoms with Crippen molar-refractivity contribution in [3.05, 3.63) is 53.7 Å². The van der Waals surface area contributed by atoms with E-state index in [1.165, 1.54) is 18.0 Å². The van der Waals surface area contributed by atoms with E-state index < -0.39 is 23.7 Å². The Hall–Kier alpha value is -2.98. The highest BCUT2D eigenvalue weighted by molar-refractivity contribution is 8.24. The van der Waals surface area contributed by atoms with E-state index in [0.29, 0.717) is 23.6 Å². The van der Waals surface area contributed by atoms with Crippen molar-refractivity contribution >= 4 is 46.1 Å². The van der Waals surface area contributed by atoms with E-state index in [9.17, 15) is 14.4 Å². The summed E-state index contributed by atoms with van der Waals surface area (Å²) in [5.41, 5.74) is 1.46. The molecular weight excluding hydrogens is 416 g/mol. The first-order valence-electron chi connectivity index (χ1n) is 8.49. The standard InChI is InChI=1S/C19H16N2O6S2/c22-16(23)8-12-3-6-15(20-9-12)27-13-4-1-11(2-5-13)7-14-18(26)21(10-17(24)25)19(28)29-14/h1-6,9,14H,7-8,10H2,(H,22,23)(H,24,25). The van der Waals surface area contributed by atoms with Crippen LogP contribution in [0.1, 0.15) is 11.1 Å². The normalized spacial score (nSPS) is 16.1. The van der Waals surface area contributed by atoms with Crippen LogP contribution >= 0.6 is 24.0 Å². The third kappa shape index (κ3) is 5.52. The van der Waals surface area contributed by atoms with Crippen LogP contribution in [0.2, 0.25) is 0 Å². The second-order valence-corrected chi connectivity index (χ2v) is 8.05. The van der Waals surface area contributed by atoms with Gasteiger partial charge in [0.25, 0.3) is 0 Å². The minimum atomic E-state index is -1.10. The predicted octanol–water partition coefficient (Wildman–Crippen LogP) is 2.36. The summed E-state index contributed by atoms with van der Waals surface area (Å²) in [6, 6.07) is 10.3. The Labute approximate surface area is 175 Å². The molecule has 1 saturated heterocycles. The number of rotatable bonds is 8. The zero-order valence-corrected chi connectivity index (χ0v) is 16.6. The van der Waals surface area contributed by atoms with Gasteiger partial charge in [-0.05, 0) is 29.7 Å². The van der Waals surface area contributed by atoms with Crippen LogP contribution in [-0.4, -0.2) is 54.1 Å². The fraction of sp³-hybridized carbons (Fsp3) is 0.211. The number of hydrogen-bond donors (Lipinski definition) is 2. The van der Waals surface area contributed by atoms with Gasteiger partial charge in [0.15, 0.2) is 0 Å². The van der Waals surface area contributed by atoms with E-state index in [-0.39, 0.29) is 16.6 Å². The first-order valence-corrected chi connectivity index (χ1v) is 9.78. The number of benzene rings is 1. The van der Waals surface area contributed by atoms with Gasteiger partial charge in [-0.15, -0.1) is 0 Å². The fourth-order valence-electron chi connectivity index (χ4n) is 2.69. The van der Waals surface area contributed by atoms with Gasteiger partial charge in [0.05, 0.1) is 11.7 Å². The van der Waals surface area contributed by atoms with Crippen molar-refractivity contribution in [1.29, 1.82) is 0 Å². The maximum absolute atomic E-state index is 12.3. The molecule has 0 saturated carbocycles. The molecule has 3 rings (SSSR count). The van der Waals surface area contributed by atoms with Gasteiger partial charge in [0.1, 0.15) is 16.6 Å². The van der Waals surface area contributed by atoms with Gasteiger partial charge in [0.2, 0.25) is 11.8 Å². The summed E-state index contributed by atoms with van der Waals surface area (Å²) in [6.45, 7) is -0.424. The molecule has 1 unspecified atom stereocenters. The van der Waals surface area contributed by atoms with Crippen LogP contribution in [0.3, 0.4) is 0 Å². The molecule has 150 valence electrons. The second-order valence-electron chi connectivity index (χ2n) is 6.22. The molecule has 0 aliphatic carbocycles. The smallest absolute Gasteiger partial charge is 0.323 e. The summed E-state index contributed by atoms with van der Waals surface area (Å²) < 4.78 is 5.91. The number of amides is 1. The van der Waals surface area contributed by atoms with Crippen molar-refractivity contribution in [3.63, 3.8) is 0 Å². The molecule has 0 bridgehead atoms. The van der Waals surface area contributed by atoms with Gasteiger partial charge in [0, 0.05) is 12.3 Å². The minimum absolute atomic E-state index is 0.104. The van der Waals surface area contributed by atoms with Crippen LogP contribution in [0.4, 0.5) is 0 Å². The first-order chi connectivity index (χ1) is 13.8. The molecule has 1 fully saturated rings. The lowest BCUT2D eigenvalue weighted by Gasteiger charge is -2.12. The van der Waals surface area contributed by atoms with Crippen LogP contribution in [0, 0.1) is 0 Å². The number of thiocarbonyl (C=S) groups is 1. The summed E-state index contributed by atoms with van der Waals surface area (Å²) in [5, 5.41) is 17.2. The molecule has 1 aliphatic rings. The van der Waals surface area contributed by atoms with Crippen LogP contribution in [0.5, 0.6) is 11.6 Å². The number of carbonyl (C=O) groups is 3. The molecule has 1 amide bonds. The predicted molar refractivity (Wildman–Crippen MR) is 109 cm³/mol. The summed E-state index contributed by atoms with van der Waals surface area (Å²) in [6.07, 6.45) is 1.77. The first kappa shape index (κ1) is 20.7. The molecule has 8 nitrogen and oxygen atoms in total. The lowest BCUT2D eigenvalue weighted by Crippen LogP contribution is -2.36. The molecule has 1 aromatic carbocycles. The summed E-state index contributed by atoms with van der Waals surface area (Å²) in [4.78, 5) is 39.1. The number of carbonyl (C=O) groups excluding carboxylic acids is 1. The maximum atomic E-state index is 12.3. The third-order valence-corrected chi connectivity index (χ3v) is 5.60.